The number of benzene rings is 2. The van der Waals surface area contributed by atoms with Crippen LogP contribution in [0.3, 0.4) is 0 Å². The Morgan fingerprint density at radius 3 is 2.12 bits per heavy atom. The van der Waals surface area contributed by atoms with Gasteiger partial charge in [-0.05, 0) is 37.4 Å². The number of rotatable bonds is 5. The third kappa shape index (κ3) is 3.21. The van der Waals surface area contributed by atoms with Crippen LogP contribution in [0, 0.1) is 0 Å². The lowest BCUT2D eigenvalue weighted by molar-refractivity contribution is -0.168. The summed E-state index contributed by atoms with van der Waals surface area (Å²) < 4.78 is 5.66. The fourth-order valence-electron chi connectivity index (χ4n) is 3.21. The number of hydrogen-bond donors (Lipinski definition) is 2. The van der Waals surface area contributed by atoms with Crippen LogP contribution in [-0.2, 0) is 15.1 Å². The van der Waals surface area contributed by atoms with Crippen molar-refractivity contribution in [3.63, 3.8) is 0 Å². The molecule has 2 N–H and O–H groups in total. The zero-order valence-corrected chi connectivity index (χ0v) is 13.8. The molecule has 1 unspecified atom stereocenters. The predicted octanol–water partition coefficient (Wildman–Crippen LogP) is 2.61. The van der Waals surface area contributed by atoms with Gasteiger partial charge in [0.2, 0.25) is 5.60 Å². The lowest BCUT2D eigenvalue weighted by Crippen LogP contribution is -2.44. The summed E-state index contributed by atoms with van der Waals surface area (Å²) in [5.41, 5.74) is -0.796. The topological polar surface area (TPSA) is 58.6 Å². The molecule has 0 saturated carbocycles. The maximum Gasteiger partial charge on any atom is 0.348 e. The minimum atomic E-state index is -1.81. The van der Waals surface area contributed by atoms with E-state index in [-0.39, 0.29) is 12.1 Å². The predicted molar refractivity (Wildman–Crippen MR) is 92.5 cm³/mol. The largest absolute Gasteiger partial charge is 0.458 e. The summed E-state index contributed by atoms with van der Waals surface area (Å²) in [4.78, 5) is 12.9. The summed E-state index contributed by atoms with van der Waals surface area (Å²) in [5.74, 6) is -0.638. The third-order valence-electron chi connectivity index (χ3n) is 4.64. The molecule has 0 aliphatic carbocycles. The third-order valence-corrected chi connectivity index (χ3v) is 4.64. The Hall–Kier alpha value is -2.17. The van der Waals surface area contributed by atoms with Gasteiger partial charge in [0.15, 0.2) is 0 Å². The summed E-state index contributed by atoms with van der Waals surface area (Å²) in [6.07, 6.45) is 1.76. The first-order valence-corrected chi connectivity index (χ1v) is 8.40. The van der Waals surface area contributed by atoms with E-state index in [0.29, 0.717) is 11.1 Å². The van der Waals surface area contributed by atoms with E-state index in [1.54, 1.807) is 48.5 Å². The van der Waals surface area contributed by atoms with Crippen LogP contribution in [0.5, 0.6) is 0 Å². The van der Waals surface area contributed by atoms with Gasteiger partial charge < -0.3 is 15.2 Å². The number of ether oxygens (including phenoxy) is 1. The Bertz CT molecular complexity index is 626. The van der Waals surface area contributed by atoms with Gasteiger partial charge in [-0.25, -0.2) is 4.79 Å². The Morgan fingerprint density at radius 1 is 1.12 bits per heavy atom. The first-order chi connectivity index (χ1) is 11.6. The second kappa shape index (κ2) is 7.16. The van der Waals surface area contributed by atoms with E-state index in [2.05, 4.69) is 5.32 Å². The molecule has 4 heteroatoms. The van der Waals surface area contributed by atoms with Crippen molar-refractivity contribution in [3.05, 3.63) is 71.8 Å². The molecule has 24 heavy (non-hydrogen) atoms. The maximum absolute atomic E-state index is 12.9. The van der Waals surface area contributed by atoms with E-state index in [1.807, 2.05) is 19.1 Å². The molecule has 1 fully saturated rings. The van der Waals surface area contributed by atoms with Gasteiger partial charge in [0.1, 0.15) is 6.10 Å². The fourth-order valence-corrected chi connectivity index (χ4v) is 3.21. The van der Waals surface area contributed by atoms with Crippen LogP contribution in [0.2, 0.25) is 0 Å². The van der Waals surface area contributed by atoms with Crippen LogP contribution in [0.4, 0.5) is 0 Å². The first-order valence-electron chi connectivity index (χ1n) is 8.40. The fraction of sp³-hybridized carbons (Fsp3) is 0.350. The van der Waals surface area contributed by atoms with Gasteiger partial charge in [-0.15, -0.1) is 0 Å². The second-order valence-corrected chi connectivity index (χ2v) is 6.26. The molecule has 2 aromatic carbocycles. The van der Waals surface area contributed by atoms with Gasteiger partial charge in [-0.1, -0.05) is 60.7 Å². The molecule has 126 valence electrons. The molecule has 1 aliphatic rings. The van der Waals surface area contributed by atoms with Gasteiger partial charge in [-0.2, -0.15) is 0 Å². The highest BCUT2D eigenvalue weighted by atomic mass is 16.6. The molecule has 1 aliphatic heterocycles. The van der Waals surface area contributed by atoms with Crippen LogP contribution in [-0.4, -0.2) is 29.8 Å². The zero-order chi connectivity index (χ0) is 17.0. The maximum atomic E-state index is 12.9. The molecule has 0 radical (unpaired) electrons. The number of nitrogens with one attached hydrogen (secondary N) is 1. The van der Waals surface area contributed by atoms with Crippen molar-refractivity contribution in [2.45, 2.75) is 37.5 Å². The van der Waals surface area contributed by atoms with Gasteiger partial charge in [0.05, 0.1) is 0 Å². The number of carbonyl (C=O) groups is 1. The Labute approximate surface area is 142 Å². The minimum Gasteiger partial charge on any atom is -0.458 e. The quantitative estimate of drug-likeness (QED) is 0.830. The van der Waals surface area contributed by atoms with Crippen LogP contribution >= 0.6 is 0 Å². The van der Waals surface area contributed by atoms with E-state index in [1.165, 1.54) is 0 Å². The highest BCUT2D eigenvalue weighted by molar-refractivity contribution is 5.85. The Balaban J connectivity index is 1.91. The van der Waals surface area contributed by atoms with Crippen LogP contribution in [0.25, 0.3) is 0 Å². The SMILES string of the molecule is C[C@H](OC(=O)C(O)(c1ccccc1)c1ccccc1)C1CCCN1. The van der Waals surface area contributed by atoms with Gasteiger partial charge >= 0.3 is 5.97 Å². The minimum absolute atomic E-state index is 0.143. The molecular formula is C20H23NO3. The molecule has 0 aromatic heterocycles. The first kappa shape index (κ1) is 16.7. The van der Waals surface area contributed by atoms with Crippen molar-refractivity contribution >= 4 is 5.97 Å². The number of carbonyl (C=O) groups excluding carboxylic acids is 1. The summed E-state index contributed by atoms with van der Waals surface area (Å²) in [5, 5.41) is 14.7. The van der Waals surface area contributed by atoms with Crippen LogP contribution in [0.15, 0.2) is 60.7 Å². The van der Waals surface area contributed by atoms with Crippen molar-refractivity contribution in [2.75, 3.05) is 6.54 Å². The Kier molecular flexibility index (Phi) is 4.97. The summed E-state index contributed by atoms with van der Waals surface area (Å²) in [6.45, 7) is 2.81. The van der Waals surface area contributed by atoms with Crippen molar-refractivity contribution < 1.29 is 14.6 Å². The van der Waals surface area contributed by atoms with Crippen molar-refractivity contribution in [3.8, 4) is 0 Å². The molecule has 3 rings (SSSR count). The number of esters is 1. The molecular weight excluding hydrogens is 302 g/mol. The molecule has 0 spiro atoms. The zero-order valence-electron chi connectivity index (χ0n) is 13.8. The number of aliphatic hydroxyl groups is 1. The average Bonchev–Trinajstić information content (AvgIpc) is 3.17. The summed E-state index contributed by atoms with van der Waals surface area (Å²) >= 11 is 0. The highest BCUT2D eigenvalue weighted by Gasteiger charge is 2.43. The Morgan fingerprint density at radius 2 is 1.67 bits per heavy atom. The van der Waals surface area contributed by atoms with E-state index in [0.717, 1.165) is 19.4 Å². The highest BCUT2D eigenvalue weighted by Crippen LogP contribution is 2.31. The lowest BCUT2D eigenvalue weighted by atomic mass is 9.86. The second-order valence-electron chi connectivity index (χ2n) is 6.26. The summed E-state index contributed by atoms with van der Waals surface area (Å²) in [7, 11) is 0. The van der Waals surface area contributed by atoms with E-state index in [9.17, 15) is 9.90 Å². The molecule has 0 bridgehead atoms. The van der Waals surface area contributed by atoms with Crippen molar-refractivity contribution in [1.29, 1.82) is 0 Å². The molecule has 2 atom stereocenters. The van der Waals surface area contributed by atoms with E-state index in [4.69, 9.17) is 4.74 Å². The standard InChI is InChI=1S/C20H23NO3/c1-15(18-13-8-14-21-18)24-19(22)20(23,16-9-4-2-5-10-16)17-11-6-3-7-12-17/h2-7,9-12,15,18,21,23H,8,13-14H2,1H3/t15-,18?/m0/s1. The van der Waals surface area contributed by atoms with Crippen molar-refractivity contribution in [2.24, 2.45) is 0 Å². The average molecular weight is 325 g/mol. The molecule has 4 nitrogen and oxygen atoms in total. The normalized spacial score (nSPS) is 19.0. The van der Waals surface area contributed by atoms with Crippen LogP contribution in [0.1, 0.15) is 30.9 Å². The van der Waals surface area contributed by atoms with E-state index < -0.39 is 11.6 Å². The molecule has 0 amide bonds. The molecule has 2 aromatic rings. The molecule has 1 saturated heterocycles. The number of hydrogen-bond acceptors (Lipinski definition) is 4. The van der Waals surface area contributed by atoms with Gasteiger partial charge in [0.25, 0.3) is 0 Å². The monoisotopic (exact) mass is 325 g/mol. The summed E-state index contributed by atoms with van der Waals surface area (Å²) in [6, 6.07) is 18.0. The lowest BCUT2D eigenvalue weighted by Gasteiger charge is -2.30. The van der Waals surface area contributed by atoms with Crippen molar-refractivity contribution in [1.82, 2.24) is 5.32 Å². The molecule has 1 heterocycles. The van der Waals surface area contributed by atoms with Gasteiger partial charge in [0, 0.05) is 6.04 Å². The van der Waals surface area contributed by atoms with Crippen LogP contribution < -0.4 is 5.32 Å². The smallest absolute Gasteiger partial charge is 0.348 e. The van der Waals surface area contributed by atoms with E-state index >= 15 is 0 Å². The van der Waals surface area contributed by atoms with Gasteiger partial charge in [-0.3, -0.25) is 0 Å².